The summed E-state index contributed by atoms with van der Waals surface area (Å²) >= 11 is 0. The van der Waals surface area contributed by atoms with E-state index in [4.69, 9.17) is 19.9 Å². The Hall–Kier alpha value is -3.54. The largest absolute Gasteiger partial charge is 0.475 e. The van der Waals surface area contributed by atoms with Crippen molar-refractivity contribution in [1.82, 2.24) is 15.0 Å². The zero-order valence-electron chi connectivity index (χ0n) is 17.0. The van der Waals surface area contributed by atoms with Crippen molar-refractivity contribution in [1.29, 1.82) is 5.26 Å². The van der Waals surface area contributed by atoms with Gasteiger partial charge in [-0.2, -0.15) is 5.26 Å². The van der Waals surface area contributed by atoms with Gasteiger partial charge in [-0.05, 0) is 43.7 Å². The summed E-state index contributed by atoms with van der Waals surface area (Å²) in [6.07, 6.45) is 4.20. The summed E-state index contributed by atoms with van der Waals surface area (Å²) in [7, 11) is 1.61. The third-order valence-corrected chi connectivity index (χ3v) is 4.16. The number of ether oxygens (including phenoxy) is 3. The molecular formula is C22H23N5O3. The van der Waals surface area contributed by atoms with Gasteiger partial charge in [0.2, 0.25) is 5.88 Å². The van der Waals surface area contributed by atoms with Crippen molar-refractivity contribution < 1.29 is 14.2 Å². The van der Waals surface area contributed by atoms with Crippen molar-refractivity contribution in [2.45, 2.75) is 13.3 Å². The molecule has 1 aromatic carbocycles. The van der Waals surface area contributed by atoms with E-state index < -0.39 is 0 Å². The van der Waals surface area contributed by atoms with E-state index in [1.54, 1.807) is 49.8 Å². The second kappa shape index (κ2) is 10.3. The molecule has 0 unspecified atom stereocenters. The van der Waals surface area contributed by atoms with Crippen LogP contribution in [0.25, 0.3) is 11.4 Å². The maximum Gasteiger partial charge on any atom is 0.217 e. The Bertz CT molecular complexity index is 1030. The number of nitrogens with two attached hydrogens (primary N) is 1. The van der Waals surface area contributed by atoms with Crippen molar-refractivity contribution in [3.63, 3.8) is 0 Å². The lowest BCUT2D eigenvalue weighted by molar-refractivity contribution is 0.143. The number of pyridine rings is 1. The monoisotopic (exact) mass is 405 g/mol. The van der Waals surface area contributed by atoms with E-state index in [0.29, 0.717) is 60.5 Å². The summed E-state index contributed by atoms with van der Waals surface area (Å²) in [5, 5.41) is 9.30. The van der Waals surface area contributed by atoms with Gasteiger partial charge in [0.25, 0.3) is 0 Å². The third-order valence-electron chi connectivity index (χ3n) is 4.16. The van der Waals surface area contributed by atoms with Gasteiger partial charge in [0.1, 0.15) is 18.1 Å². The molecule has 2 heterocycles. The van der Waals surface area contributed by atoms with Crippen LogP contribution in [0.2, 0.25) is 0 Å². The summed E-state index contributed by atoms with van der Waals surface area (Å²) in [5.74, 6) is 1.93. The Morgan fingerprint density at radius 2 is 1.90 bits per heavy atom. The number of nitriles is 1. The Balaban J connectivity index is 1.92. The second-order valence-corrected chi connectivity index (χ2v) is 6.50. The molecule has 3 rings (SSSR count). The molecule has 2 N–H and O–H groups in total. The van der Waals surface area contributed by atoms with Crippen LogP contribution in [0, 0.1) is 18.3 Å². The number of aromatic nitrogens is 3. The Labute approximate surface area is 175 Å². The Kier molecular flexibility index (Phi) is 7.27. The van der Waals surface area contributed by atoms with Crippen LogP contribution < -0.4 is 15.2 Å². The molecular weight excluding hydrogens is 382 g/mol. The lowest BCUT2D eigenvalue weighted by Crippen LogP contribution is -2.06. The minimum absolute atomic E-state index is 0.380. The van der Waals surface area contributed by atoms with Crippen molar-refractivity contribution in [2.75, 3.05) is 26.9 Å². The van der Waals surface area contributed by atoms with Crippen LogP contribution in [0.4, 0.5) is 0 Å². The van der Waals surface area contributed by atoms with Crippen LogP contribution in [0.3, 0.4) is 0 Å². The predicted octanol–water partition coefficient (Wildman–Crippen LogP) is 3.04. The molecule has 0 aliphatic carbocycles. The van der Waals surface area contributed by atoms with E-state index >= 15 is 0 Å². The van der Waals surface area contributed by atoms with Crippen LogP contribution in [-0.4, -0.2) is 41.8 Å². The maximum atomic E-state index is 9.30. The molecule has 154 valence electrons. The summed E-state index contributed by atoms with van der Waals surface area (Å²) in [6, 6.07) is 10.7. The number of rotatable bonds is 9. The molecule has 0 aliphatic rings. The Morgan fingerprint density at radius 1 is 1.10 bits per heavy atom. The standard InChI is InChI=1S/C22H23N5O3/c1-15-9-18(11-21(27-15)29-8-7-28-2)30-20-10-16(12-24)3-4-19(20)22-25-13-17(5-6-23)14-26-22/h3-4,9-11,13-14H,5-8,23H2,1-2H3. The highest BCUT2D eigenvalue weighted by Crippen LogP contribution is 2.33. The maximum absolute atomic E-state index is 9.30. The number of hydrogen-bond donors (Lipinski definition) is 1. The fraction of sp³-hybridized carbons (Fsp3) is 0.273. The highest BCUT2D eigenvalue weighted by atomic mass is 16.5. The SMILES string of the molecule is COCCOc1cc(Oc2cc(C#N)ccc2-c2ncc(CCN)cn2)cc(C)n1. The van der Waals surface area contributed by atoms with Crippen LogP contribution in [0.15, 0.2) is 42.7 Å². The Morgan fingerprint density at radius 3 is 2.60 bits per heavy atom. The normalized spacial score (nSPS) is 10.5. The van der Waals surface area contributed by atoms with Crippen molar-refractivity contribution >= 4 is 0 Å². The van der Waals surface area contributed by atoms with Crippen LogP contribution in [0.1, 0.15) is 16.8 Å². The van der Waals surface area contributed by atoms with Crippen molar-refractivity contribution in [3.05, 3.63) is 59.5 Å². The van der Waals surface area contributed by atoms with Gasteiger partial charge < -0.3 is 19.9 Å². The molecule has 0 saturated heterocycles. The molecule has 2 aromatic heterocycles. The first-order chi connectivity index (χ1) is 14.6. The van der Waals surface area contributed by atoms with Gasteiger partial charge in [0.05, 0.1) is 23.8 Å². The van der Waals surface area contributed by atoms with E-state index in [9.17, 15) is 5.26 Å². The van der Waals surface area contributed by atoms with Gasteiger partial charge in [-0.15, -0.1) is 0 Å². The lowest BCUT2D eigenvalue weighted by atomic mass is 10.1. The summed E-state index contributed by atoms with van der Waals surface area (Å²) in [6.45, 7) is 3.22. The molecule has 0 saturated carbocycles. The van der Waals surface area contributed by atoms with Gasteiger partial charge in [-0.25, -0.2) is 15.0 Å². The predicted molar refractivity (Wildman–Crippen MR) is 111 cm³/mol. The number of benzene rings is 1. The van der Waals surface area contributed by atoms with E-state index in [0.717, 1.165) is 11.3 Å². The molecule has 8 nitrogen and oxygen atoms in total. The van der Waals surface area contributed by atoms with E-state index in [-0.39, 0.29) is 0 Å². The first-order valence-electron chi connectivity index (χ1n) is 9.46. The van der Waals surface area contributed by atoms with Gasteiger partial charge in [0, 0.05) is 37.3 Å². The molecule has 0 amide bonds. The smallest absolute Gasteiger partial charge is 0.217 e. The van der Waals surface area contributed by atoms with Crippen LogP contribution in [0.5, 0.6) is 17.4 Å². The van der Waals surface area contributed by atoms with Gasteiger partial charge in [-0.1, -0.05) is 0 Å². The topological polar surface area (TPSA) is 116 Å². The van der Waals surface area contributed by atoms with Crippen LogP contribution in [-0.2, 0) is 11.2 Å². The number of methoxy groups -OCH3 is 1. The zero-order valence-corrected chi connectivity index (χ0v) is 17.0. The van der Waals surface area contributed by atoms with Crippen molar-refractivity contribution in [2.24, 2.45) is 5.73 Å². The molecule has 8 heteroatoms. The second-order valence-electron chi connectivity index (χ2n) is 6.50. The summed E-state index contributed by atoms with van der Waals surface area (Å²) < 4.78 is 16.7. The van der Waals surface area contributed by atoms with Gasteiger partial charge in [-0.3, -0.25) is 0 Å². The first-order valence-corrected chi connectivity index (χ1v) is 9.46. The molecule has 0 aliphatic heterocycles. The number of aryl methyl sites for hydroxylation is 1. The van der Waals surface area contributed by atoms with Gasteiger partial charge in [0.15, 0.2) is 5.82 Å². The van der Waals surface area contributed by atoms with E-state index in [1.165, 1.54) is 0 Å². The highest BCUT2D eigenvalue weighted by Gasteiger charge is 2.13. The first kappa shape index (κ1) is 21.2. The lowest BCUT2D eigenvalue weighted by Gasteiger charge is -2.13. The molecule has 3 aromatic rings. The minimum atomic E-state index is 0.380. The quantitative estimate of drug-likeness (QED) is 0.540. The summed E-state index contributed by atoms with van der Waals surface area (Å²) in [5.41, 5.74) is 8.42. The number of hydrogen-bond acceptors (Lipinski definition) is 8. The van der Waals surface area contributed by atoms with E-state index in [2.05, 4.69) is 21.0 Å². The molecule has 30 heavy (non-hydrogen) atoms. The number of nitrogens with zero attached hydrogens (tertiary/aromatic N) is 4. The van der Waals surface area contributed by atoms with Gasteiger partial charge >= 0.3 is 0 Å². The highest BCUT2D eigenvalue weighted by molar-refractivity contribution is 5.66. The average Bonchev–Trinajstić information content (AvgIpc) is 2.74. The average molecular weight is 405 g/mol. The fourth-order valence-corrected chi connectivity index (χ4v) is 2.75. The summed E-state index contributed by atoms with van der Waals surface area (Å²) in [4.78, 5) is 13.2. The van der Waals surface area contributed by atoms with Crippen LogP contribution >= 0.6 is 0 Å². The fourth-order valence-electron chi connectivity index (χ4n) is 2.75. The minimum Gasteiger partial charge on any atom is -0.475 e. The third kappa shape index (κ3) is 5.50. The molecule has 0 spiro atoms. The molecule has 0 atom stereocenters. The van der Waals surface area contributed by atoms with Crippen molar-refractivity contribution in [3.8, 4) is 34.8 Å². The molecule has 0 radical (unpaired) electrons. The molecule has 0 bridgehead atoms. The van der Waals surface area contributed by atoms with E-state index in [1.807, 2.05) is 6.92 Å². The molecule has 0 fully saturated rings. The zero-order chi connectivity index (χ0) is 21.3.